The van der Waals surface area contributed by atoms with Gasteiger partial charge in [0, 0.05) is 50.2 Å². The van der Waals surface area contributed by atoms with E-state index in [0.717, 1.165) is 54.9 Å². The molecule has 1 saturated heterocycles. The predicted octanol–water partition coefficient (Wildman–Crippen LogP) is 2.83. The molecule has 134 valence electrons. The van der Waals surface area contributed by atoms with Gasteiger partial charge in [-0.3, -0.25) is 9.88 Å². The van der Waals surface area contributed by atoms with Gasteiger partial charge in [-0.1, -0.05) is 6.07 Å². The molecule has 1 fully saturated rings. The SMILES string of the molecule is Cc1ncnc(N2CCN(Cc3ccc(C(F)(F)F)nc3)CC2)c1C. The Hall–Kier alpha value is -2.22. The van der Waals surface area contributed by atoms with E-state index in [9.17, 15) is 13.2 Å². The third kappa shape index (κ3) is 4.07. The van der Waals surface area contributed by atoms with Crippen molar-refractivity contribution in [3.8, 4) is 0 Å². The number of hydrogen-bond acceptors (Lipinski definition) is 5. The van der Waals surface area contributed by atoms with Crippen LogP contribution in [0.3, 0.4) is 0 Å². The van der Waals surface area contributed by atoms with Crippen molar-refractivity contribution in [1.29, 1.82) is 0 Å². The molecule has 0 spiro atoms. The van der Waals surface area contributed by atoms with Crippen LogP contribution in [0, 0.1) is 13.8 Å². The summed E-state index contributed by atoms with van der Waals surface area (Å²) in [6, 6.07) is 2.54. The average molecular weight is 351 g/mol. The molecule has 2 aromatic heterocycles. The molecular formula is C17H20F3N5. The number of halogens is 3. The third-order valence-electron chi connectivity index (χ3n) is 4.50. The maximum absolute atomic E-state index is 12.6. The first kappa shape index (κ1) is 17.6. The van der Waals surface area contributed by atoms with E-state index in [2.05, 4.69) is 24.8 Å². The first-order valence-electron chi connectivity index (χ1n) is 8.12. The Bertz CT molecular complexity index is 722. The average Bonchev–Trinajstić information content (AvgIpc) is 2.58. The normalized spacial score (nSPS) is 16.3. The van der Waals surface area contributed by atoms with Gasteiger partial charge in [0.15, 0.2) is 0 Å². The van der Waals surface area contributed by atoms with E-state index in [-0.39, 0.29) is 0 Å². The quantitative estimate of drug-likeness (QED) is 0.851. The summed E-state index contributed by atoms with van der Waals surface area (Å²) in [5.41, 5.74) is 2.00. The lowest BCUT2D eigenvalue weighted by atomic mass is 10.2. The van der Waals surface area contributed by atoms with Crippen LogP contribution >= 0.6 is 0 Å². The fourth-order valence-corrected chi connectivity index (χ4v) is 2.91. The van der Waals surface area contributed by atoms with E-state index in [1.165, 1.54) is 12.3 Å². The predicted molar refractivity (Wildman–Crippen MR) is 88.2 cm³/mol. The van der Waals surface area contributed by atoms with Crippen molar-refractivity contribution in [3.05, 3.63) is 47.2 Å². The lowest BCUT2D eigenvalue weighted by molar-refractivity contribution is -0.141. The van der Waals surface area contributed by atoms with Gasteiger partial charge in [0.05, 0.1) is 0 Å². The summed E-state index contributed by atoms with van der Waals surface area (Å²) < 4.78 is 37.7. The van der Waals surface area contributed by atoms with Crippen LogP contribution in [0.1, 0.15) is 22.5 Å². The molecule has 3 rings (SSSR count). The molecule has 0 amide bonds. The monoisotopic (exact) mass is 351 g/mol. The zero-order valence-electron chi connectivity index (χ0n) is 14.2. The largest absolute Gasteiger partial charge is 0.433 e. The first-order valence-corrected chi connectivity index (χ1v) is 8.12. The Morgan fingerprint density at radius 2 is 1.72 bits per heavy atom. The number of piperazine rings is 1. The number of hydrogen-bond donors (Lipinski definition) is 0. The van der Waals surface area contributed by atoms with E-state index in [1.807, 2.05) is 13.8 Å². The molecule has 0 bridgehead atoms. The third-order valence-corrected chi connectivity index (χ3v) is 4.50. The molecule has 25 heavy (non-hydrogen) atoms. The van der Waals surface area contributed by atoms with Crippen molar-refractivity contribution in [3.63, 3.8) is 0 Å². The topological polar surface area (TPSA) is 45.2 Å². The van der Waals surface area contributed by atoms with Crippen molar-refractivity contribution in [1.82, 2.24) is 19.9 Å². The smallest absolute Gasteiger partial charge is 0.354 e. The second kappa shape index (κ2) is 6.95. The van der Waals surface area contributed by atoms with E-state index < -0.39 is 11.9 Å². The highest BCUT2D eigenvalue weighted by atomic mass is 19.4. The van der Waals surface area contributed by atoms with Crippen molar-refractivity contribution in [2.45, 2.75) is 26.6 Å². The summed E-state index contributed by atoms with van der Waals surface area (Å²) in [7, 11) is 0. The van der Waals surface area contributed by atoms with Crippen molar-refractivity contribution in [2.75, 3.05) is 31.1 Å². The molecule has 1 aliphatic rings. The molecule has 1 aliphatic heterocycles. The molecule has 8 heteroatoms. The van der Waals surface area contributed by atoms with Crippen molar-refractivity contribution in [2.24, 2.45) is 0 Å². The number of nitrogens with zero attached hydrogens (tertiary/aromatic N) is 5. The van der Waals surface area contributed by atoms with Crippen molar-refractivity contribution >= 4 is 5.82 Å². The maximum Gasteiger partial charge on any atom is 0.433 e. The van der Waals surface area contributed by atoms with Gasteiger partial charge >= 0.3 is 6.18 Å². The van der Waals surface area contributed by atoms with Crippen molar-refractivity contribution < 1.29 is 13.2 Å². The van der Waals surface area contributed by atoms with Gasteiger partial charge in [0.25, 0.3) is 0 Å². The zero-order chi connectivity index (χ0) is 18.0. The number of anilines is 1. The number of aromatic nitrogens is 3. The number of alkyl halides is 3. The molecule has 0 unspecified atom stereocenters. The summed E-state index contributed by atoms with van der Waals surface area (Å²) in [5.74, 6) is 0.961. The highest BCUT2D eigenvalue weighted by molar-refractivity contribution is 5.47. The second-order valence-electron chi connectivity index (χ2n) is 6.22. The lowest BCUT2D eigenvalue weighted by Crippen LogP contribution is -2.46. The summed E-state index contributed by atoms with van der Waals surface area (Å²) in [4.78, 5) is 16.5. The minimum Gasteiger partial charge on any atom is -0.354 e. The van der Waals surface area contributed by atoms with Crippen LogP contribution in [-0.2, 0) is 12.7 Å². The first-order chi connectivity index (χ1) is 11.8. The molecule has 0 aliphatic carbocycles. The van der Waals surface area contributed by atoms with Crippen LogP contribution in [-0.4, -0.2) is 46.0 Å². The van der Waals surface area contributed by atoms with Crippen LogP contribution in [0.15, 0.2) is 24.7 Å². The Morgan fingerprint density at radius 3 is 2.32 bits per heavy atom. The summed E-state index contributed by atoms with van der Waals surface area (Å²) in [6.45, 7) is 7.88. The summed E-state index contributed by atoms with van der Waals surface area (Å²) >= 11 is 0. The van der Waals surface area contributed by atoms with Gasteiger partial charge in [-0.25, -0.2) is 9.97 Å². The number of aryl methyl sites for hydroxylation is 1. The number of rotatable bonds is 3. The number of pyridine rings is 1. The van der Waals surface area contributed by atoms with E-state index in [0.29, 0.717) is 6.54 Å². The van der Waals surface area contributed by atoms with Crippen LogP contribution < -0.4 is 4.90 Å². The summed E-state index contributed by atoms with van der Waals surface area (Å²) in [5, 5.41) is 0. The zero-order valence-corrected chi connectivity index (χ0v) is 14.2. The molecule has 0 saturated carbocycles. The van der Waals surface area contributed by atoms with Gasteiger partial charge in [-0.05, 0) is 25.5 Å². The fourth-order valence-electron chi connectivity index (χ4n) is 2.91. The molecule has 0 aromatic carbocycles. The van der Waals surface area contributed by atoms with Gasteiger partial charge in [-0.2, -0.15) is 13.2 Å². The van der Waals surface area contributed by atoms with Gasteiger partial charge in [0.1, 0.15) is 17.8 Å². The Morgan fingerprint density at radius 1 is 1.00 bits per heavy atom. The molecule has 0 N–H and O–H groups in total. The van der Waals surface area contributed by atoms with Gasteiger partial charge in [0.2, 0.25) is 0 Å². The second-order valence-corrected chi connectivity index (χ2v) is 6.22. The molecule has 3 heterocycles. The molecule has 0 atom stereocenters. The van der Waals surface area contributed by atoms with E-state index >= 15 is 0 Å². The van der Waals surface area contributed by atoms with E-state index in [4.69, 9.17) is 0 Å². The molecule has 0 radical (unpaired) electrons. The minimum atomic E-state index is -4.39. The Labute approximate surface area is 144 Å². The van der Waals surface area contributed by atoms with Gasteiger partial charge in [-0.15, -0.1) is 0 Å². The summed E-state index contributed by atoms with van der Waals surface area (Å²) in [6.07, 6.45) is -1.50. The molecule has 5 nitrogen and oxygen atoms in total. The van der Waals surface area contributed by atoms with E-state index in [1.54, 1.807) is 6.33 Å². The van der Waals surface area contributed by atoms with Gasteiger partial charge < -0.3 is 4.90 Å². The van der Waals surface area contributed by atoms with Crippen LogP contribution in [0.2, 0.25) is 0 Å². The highest BCUT2D eigenvalue weighted by Crippen LogP contribution is 2.27. The Kier molecular flexibility index (Phi) is 4.89. The molecule has 2 aromatic rings. The highest BCUT2D eigenvalue weighted by Gasteiger charge is 2.32. The van der Waals surface area contributed by atoms with Crippen LogP contribution in [0.4, 0.5) is 19.0 Å². The standard InChI is InChI=1S/C17H20F3N5/c1-12-13(2)22-11-23-16(12)25-7-5-24(6-8-25)10-14-3-4-15(21-9-14)17(18,19)20/h3-4,9,11H,5-8,10H2,1-2H3. The minimum absolute atomic E-state index is 0.598. The maximum atomic E-state index is 12.6. The lowest BCUT2D eigenvalue weighted by Gasteiger charge is -2.36. The Balaban J connectivity index is 1.58. The van der Waals surface area contributed by atoms with Crippen LogP contribution in [0.5, 0.6) is 0 Å². The molecular weight excluding hydrogens is 331 g/mol. The van der Waals surface area contributed by atoms with Crippen LogP contribution in [0.25, 0.3) is 0 Å². The fraction of sp³-hybridized carbons (Fsp3) is 0.471.